The third-order valence-electron chi connectivity index (χ3n) is 10.2. The molecule has 0 aliphatic carbocycles. The second-order valence-corrected chi connectivity index (χ2v) is 16.0. The molecule has 0 aromatic heterocycles. The minimum atomic E-state index is -0.796. The van der Waals surface area contributed by atoms with Crippen LogP contribution in [-0.4, -0.2) is 37.2 Å². The molecule has 0 aliphatic heterocycles. The van der Waals surface area contributed by atoms with Crippen LogP contribution in [0.25, 0.3) is 0 Å². The van der Waals surface area contributed by atoms with Gasteiger partial charge in [0.2, 0.25) is 0 Å². The van der Waals surface area contributed by atoms with E-state index in [-0.39, 0.29) is 37.5 Å². The molecule has 0 saturated carbocycles. The van der Waals surface area contributed by atoms with E-state index in [1.165, 1.54) is 103 Å². The summed E-state index contributed by atoms with van der Waals surface area (Å²) in [4.78, 5) is 37.8. The van der Waals surface area contributed by atoms with E-state index >= 15 is 0 Å². The van der Waals surface area contributed by atoms with Crippen LogP contribution < -0.4 is 0 Å². The zero-order chi connectivity index (χ0) is 42.3. The monoisotopic (exact) mass is 811 g/mol. The predicted octanol–water partition coefficient (Wildman–Crippen LogP) is 15.7. The molecule has 334 valence electrons. The number of esters is 3. The second-order valence-electron chi connectivity index (χ2n) is 16.0. The van der Waals surface area contributed by atoms with E-state index in [9.17, 15) is 14.4 Å². The molecular formula is C52H90O6. The summed E-state index contributed by atoms with van der Waals surface area (Å²) in [7, 11) is 0. The summed E-state index contributed by atoms with van der Waals surface area (Å²) in [6, 6.07) is 0. The first-order chi connectivity index (χ1) is 28.5. The average Bonchev–Trinajstić information content (AvgIpc) is 3.22. The molecule has 0 radical (unpaired) electrons. The fourth-order valence-corrected chi connectivity index (χ4v) is 6.53. The lowest BCUT2D eigenvalue weighted by Gasteiger charge is -2.18. The molecule has 0 bridgehead atoms. The Labute approximate surface area is 358 Å². The summed E-state index contributed by atoms with van der Waals surface area (Å²) >= 11 is 0. The smallest absolute Gasteiger partial charge is 0.306 e. The van der Waals surface area contributed by atoms with E-state index in [1.54, 1.807) is 0 Å². The first kappa shape index (κ1) is 55.1. The SMILES string of the molecule is CCCC/C=C\CCCCCCC(=O)OCC(COC(=O)CCC/C=C\C/C=C\C/C=C\C/C=C\CCCCC)OC(=O)CCCCCCCCCCCCCCC. The quantitative estimate of drug-likeness (QED) is 0.0264. The van der Waals surface area contributed by atoms with E-state index in [4.69, 9.17) is 14.2 Å². The molecule has 1 atom stereocenters. The number of carbonyl (C=O) groups is 3. The highest BCUT2D eigenvalue weighted by molar-refractivity contribution is 5.71. The molecule has 0 saturated heterocycles. The molecule has 58 heavy (non-hydrogen) atoms. The van der Waals surface area contributed by atoms with Crippen molar-refractivity contribution < 1.29 is 28.6 Å². The minimum absolute atomic E-state index is 0.0960. The standard InChI is InChI=1S/C52H90O6/c1-4-7-10-13-16-19-22-24-25-26-27-29-30-33-36-39-42-45-51(54)57-48-49(47-56-50(53)44-41-38-35-32-21-18-15-12-9-6-3)58-52(55)46-43-40-37-34-31-28-23-20-17-14-11-8-5-2/h15-16,18-19,24-25,27,29,33,36,49H,4-14,17,20-23,26,28,30-32,34-35,37-48H2,1-3H3/b18-15-,19-16-,25-24-,29-27-,36-33-. The summed E-state index contributed by atoms with van der Waals surface area (Å²) in [5.74, 6) is -0.966. The average molecular weight is 811 g/mol. The molecule has 0 heterocycles. The normalized spacial score (nSPS) is 12.5. The van der Waals surface area contributed by atoms with Gasteiger partial charge in [-0.25, -0.2) is 0 Å². The van der Waals surface area contributed by atoms with Gasteiger partial charge in [0.25, 0.3) is 0 Å². The van der Waals surface area contributed by atoms with Crippen molar-refractivity contribution in [3.8, 4) is 0 Å². The van der Waals surface area contributed by atoms with Crippen molar-refractivity contribution in [1.29, 1.82) is 0 Å². The van der Waals surface area contributed by atoms with Crippen LogP contribution in [0.2, 0.25) is 0 Å². The molecule has 0 aromatic rings. The lowest BCUT2D eigenvalue weighted by molar-refractivity contribution is -0.167. The molecule has 0 aromatic carbocycles. The van der Waals surface area contributed by atoms with Crippen LogP contribution in [0.5, 0.6) is 0 Å². The highest BCUT2D eigenvalue weighted by atomic mass is 16.6. The lowest BCUT2D eigenvalue weighted by atomic mass is 10.0. The highest BCUT2D eigenvalue weighted by Crippen LogP contribution is 2.14. The van der Waals surface area contributed by atoms with Crippen molar-refractivity contribution >= 4 is 17.9 Å². The number of allylic oxidation sites excluding steroid dienone is 10. The van der Waals surface area contributed by atoms with E-state index in [1.807, 2.05) is 0 Å². The van der Waals surface area contributed by atoms with Gasteiger partial charge in [0.1, 0.15) is 13.2 Å². The zero-order valence-corrected chi connectivity index (χ0v) is 38.0. The van der Waals surface area contributed by atoms with Crippen molar-refractivity contribution in [3.05, 3.63) is 60.8 Å². The number of hydrogen-bond donors (Lipinski definition) is 0. The van der Waals surface area contributed by atoms with Crippen LogP contribution in [0.1, 0.15) is 233 Å². The van der Waals surface area contributed by atoms with Gasteiger partial charge in [-0.05, 0) is 77.0 Å². The molecule has 1 unspecified atom stereocenters. The van der Waals surface area contributed by atoms with Crippen molar-refractivity contribution in [2.75, 3.05) is 13.2 Å². The molecular weight excluding hydrogens is 721 g/mol. The molecule has 0 rings (SSSR count). The van der Waals surface area contributed by atoms with Crippen molar-refractivity contribution in [2.45, 2.75) is 239 Å². The molecule has 0 amide bonds. The maximum atomic E-state index is 12.7. The van der Waals surface area contributed by atoms with Gasteiger partial charge in [-0.2, -0.15) is 0 Å². The van der Waals surface area contributed by atoms with Gasteiger partial charge in [0.05, 0.1) is 0 Å². The maximum absolute atomic E-state index is 12.7. The van der Waals surface area contributed by atoms with Crippen LogP contribution in [0, 0.1) is 0 Å². The van der Waals surface area contributed by atoms with E-state index in [0.29, 0.717) is 19.3 Å². The van der Waals surface area contributed by atoms with E-state index in [0.717, 1.165) is 83.5 Å². The van der Waals surface area contributed by atoms with Crippen molar-refractivity contribution in [3.63, 3.8) is 0 Å². The predicted molar refractivity (Wildman–Crippen MR) is 247 cm³/mol. The molecule has 0 N–H and O–H groups in total. The Hall–Kier alpha value is -2.89. The van der Waals surface area contributed by atoms with Gasteiger partial charge in [0.15, 0.2) is 6.10 Å². The maximum Gasteiger partial charge on any atom is 0.306 e. The first-order valence-electron chi connectivity index (χ1n) is 24.3. The summed E-state index contributed by atoms with van der Waals surface area (Å²) in [6.45, 7) is 6.50. The Morgan fingerprint density at radius 3 is 1.14 bits per heavy atom. The molecule has 0 spiro atoms. The molecule has 6 nitrogen and oxygen atoms in total. The van der Waals surface area contributed by atoms with Crippen molar-refractivity contribution in [1.82, 2.24) is 0 Å². The highest BCUT2D eigenvalue weighted by Gasteiger charge is 2.19. The zero-order valence-electron chi connectivity index (χ0n) is 38.0. The van der Waals surface area contributed by atoms with Crippen LogP contribution in [0.15, 0.2) is 60.8 Å². The minimum Gasteiger partial charge on any atom is -0.462 e. The summed E-state index contributed by atoms with van der Waals surface area (Å²) in [5.41, 5.74) is 0. The second kappa shape index (κ2) is 46.8. The summed E-state index contributed by atoms with van der Waals surface area (Å²) in [5, 5.41) is 0. The van der Waals surface area contributed by atoms with Gasteiger partial charge in [-0.3, -0.25) is 14.4 Å². The Bertz CT molecular complexity index is 1070. The van der Waals surface area contributed by atoms with Gasteiger partial charge in [-0.15, -0.1) is 0 Å². The first-order valence-corrected chi connectivity index (χ1v) is 24.3. The van der Waals surface area contributed by atoms with Gasteiger partial charge in [0, 0.05) is 19.3 Å². The van der Waals surface area contributed by atoms with E-state index < -0.39 is 6.10 Å². The third kappa shape index (κ3) is 44.2. The Morgan fingerprint density at radius 1 is 0.345 bits per heavy atom. The lowest BCUT2D eigenvalue weighted by Crippen LogP contribution is -2.30. The number of carbonyl (C=O) groups excluding carboxylic acids is 3. The number of rotatable bonds is 43. The number of unbranched alkanes of at least 4 members (excludes halogenated alkanes) is 22. The van der Waals surface area contributed by atoms with Gasteiger partial charge >= 0.3 is 17.9 Å². The largest absolute Gasteiger partial charge is 0.462 e. The topological polar surface area (TPSA) is 78.9 Å². The number of hydrogen-bond acceptors (Lipinski definition) is 6. The van der Waals surface area contributed by atoms with Crippen LogP contribution >= 0.6 is 0 Å². The summed E-state index contributed by atoms with van der Waals surface area (Å²) < 4.78 is 16.7. The Kier molecular flexibility index (Phi) is 44.5. The van der Waals surface area contributed by atoms with Gasteiger partial charge < -0.3 is 14.2 Å². The van der Waals surface area contributed by atoms with Gasteiger partial charge in [-0.1, -0.05) is 197 Å². The number of ether oxygens (including phenoxy) is 3. The fraction of sp³-hybridized carbons (Fsp3) is 0.750. The molecule has 0 fully saturated rings. The van der Waals surface area contributed by atoms with Crippen molar-refractivity contribution in [2.24, 2.45) is 0 Å². The van der Waals surface area contributed by atoms with Crippen LogP contribution in [-0.2, 0) is 28.6 Å². The molecule has 6 heteroatoms. The Morgan fingerprint density at radius 2 is 0.655 bits per heavy atom. The molecule has 0 aliphatic rings. The summed E-state index contributed by atoms with van der Waals surface area (Å²) in [6.07, 6.45) is 56.4. The van der Waals surface area contributed by atoms with E-state index in [2.05, 4.69) is 81.5 Å². The van der Waals surface area contributed by atoms with Crippen LogP contribution in [0.4, 0.5) is 0 Å². The Balaban J connectivity index is 4.45. The third-order valence-corrected chi connectivity index (χ3v) is 10.2. The fourth-order valence-electron chi connectivity index (χ4n) is 6.53. The van der Waals surface area contributed by atoms with Crippen LogP contribution in [0.3, 0.4) is 0 Å².